The summed E-state index contributed by atoms with van der Waals surface area (Å²) in [4.78, 5) is 41.5. The van der Waals surface area contributed by atoms with Gasteiger partial charge in [-0.2, -0.15) is 0 Å². The molecule has 50 heavy (non-hydrogen) atoms. The van der Waals surface area contributed by atoms with E-state index in [0.717, 1.165) is 34.7 Å². The maximum Gasteiger partial charge on any atom is 0.495 e. The standard InChI is InChI=1S/C21H34BN3O4.C15H22BrN3O2/c1-15-14-24(11-12-25(15)18(26)27-19(2,3)4)17-13-16(9-10-23-17)22-28-20(5,6)21(7,8)29-22;1-11-10-18(13-9-12(16)5-6-17-13)7-8-19(11)14(20)21-15(2,3)4/h9-10,13,15H,11-12,14H2,1-8H3;5-6,9,11H,7-8,10H2,1-4H3/t15-;11-/m00/s1. The molecule has 14 heteroatoms. The summed E-state index contributed by atoms with van der Waals surface area (Å²) in [5.41, 5.74) is -0.758. The minimum Gasteiger partial charge on any atom is -0.444 e. The number of hydrogen-bond donors (Lipinski definition) is 0. The molecule has 0 saturated carbocycles. The summed E-state index contributed by atoms with van der Waals surface area (Å²) >= 11 is 3.46. The minimum absolute atomic E-state index is 0.0286. The Kier molecular flexibility index (Phi) is 12.1. The first-order valence-electron chi connectivity index (χ1n) is 17.5. The summed E-state index contributed by atoms with van der Waals surface area (Å²) in [7, 11) is -0.415. The molecule has 3 aliphatic rings. The third kappa shape index (κ3) is 10.2. The van der Waals surface area contributed by atoms with E-state index in [9.17, 15) is 9.59 Å². The molecule has 2 amide bonds. The normalized spacial score (nSPS) is 22.1. The van der Waals surface area contributed by atoms with Gasteiger partial charge in [-0.25, -0.2) is 19.6 Å². The predicted molar refractivity (Wildman–Crippen MR) is 201 cm³/mol. The van der Waals surface area contributed by atoms with Crippen molar-refractivity contribution in [2.75, 3.05) is 49.1 Å². The van der Waals surface area contributed by atoms with Gasteiger partial charge in [0.1, 0.15) is 22.8 Å². The van der Waals surface area contributed by atoms with E-state index in [1.165, 1.54) is 0 Å². The Morgan fingerprint density at radius 2 is 1.18 bits per heavy atom. The number of carbonyl (C=O) groups is 2. The van der Waals surface area contributed by atoms with Gasteiger partial charge in [0.2, 0.25) is 0 Å². The fourth-order valence-electron chi connectivity index (χ4n) is 5.81. The largest absolute Gasteiger partial charge is 0.495 e. The lowest BCUT2D eigenvalue weighted by Crippen LogP contribution is -2.55. The first kappa shape index (κ1) is 39.7. The van der Waals surface area contributed by atoms with Crippen molar-refractivity contribution >= 4 is 52.3 Å². The zero-order chi connectivity index (χ0) is 37.2. The number of piperazine rings is 2. The minimum atomic E-state index is -0.493. The number of anilines is 2. The molecule has 3 saturated heterocycles. The monoisotopic (exact) mass is 758 g/mol. The van der Waals surface area contributed by atoms with Crippen molar-refractivity contribution in [3.05, 3.63) is 41.1 Å². The van der Waals surface area contributed by atoms with Crippen LogP contribution < -0.4 is 15.3 Å². The van der Waals surface area contributed by atoms with Crippen LogP contribution in [0.2, 0.25) is 0 Å². The Morgan fingerprint density at radius 3 is 1.58 bits per heavy atom. The number of hydrogen-bond acceptors (Lipinski definition) is 10. The molecule has 0 spiro atoms. The van der Waals surface area contributed by atoms with Crippen molar-refractivity contribution in [3.63, 3.8) is 0 Å². The summed E-state index contributed by atoms with van der Waals surface area (Å²) in [5, 5.41) is 0. The van der Waals surface area contributed by atoms with Gasteiger partial charge in [-0.05, 0) is 113 Å². The van der Waals surface area contributed by atoms with Crippen molar-refractivity contribution in [2.24, 2.45) is 0 Å². The van der Waals surface area contributed by atoms with Gasteiger partial charge in [0.25, 0.3) is 0 Å². The molecule has 2 aromatic heterocycles. The Bertz CT molecular complexity index is 1480. The van der Waals surface area contributed by atoms with E-state index in [2.05, 4.69) is 35.7 Å². The zero-order valence-corrected chi connectivity index (χ0v) is 33.5. The van der Waals surface area contributed by atoms with Crippen LogP contribution in [-0.2, 0) is 18.8 Å². The van der Waals surface area contributed by atoms with Crippen LogP contribution in [0.3, 0.4) is 0 Å². The third-order valence-corrected chi connectivity index (χ3v) is 9.65. The molecule has 0 N–H and O–H groups in total. The number of aromatic nitrogens is 2. The van der Waals surface area contributed by atoms with Crippen LogP contribution in [0, 0.1) is 0 Å². The smallest absolute Gasteiger partial charge is 0.444 e. The van der Waals surface area contributed by atoms with E-state index in [1.807, 2.05) is 107 Å². The second-order valence-electron chi connectivity index (χ2n) is 16.3. The van der Waals surface area contributed by atoms with E-state index in [-0.39, 0.29) is 35.5 Å². The van der Waals surface area contributed by atoms with Crippen molar-refractivity contribution in [1.29, 1.82) is 0 Å². The van der Waals surface area contributed by atoms with E-state index < -0.39 is 18.3 Å². The van der Waals surface area contributed by atoms with Crippen LogP contribution >= 0.6 is 15.9 Å². The second-order valence-corrected chi connectivity index (χ2v) is 17.2. The van der Waals surface area contributed by atoms with Crippen LogP contribution in [0.4, 0.5) is 21.2 Å². The van der Waals surface area contributed by atoms with Gasteiger partial charge in [0.15, 0.2) is 0 Å². The van der Waals surface area contributed by atoms with Crippen molar-refractivity contribution in [1.82, 2.24) is 19.8 Å². The van der Waals surface area contributed by atoms with E-state index >= 15 is 0 Å². The number of pyridine rings is 2. The predicted octanol–water partition coefficient (Wildman–Crippen LogP) is 6.12. The SMILES string of the molecule is C[C@H]1CN(c2cc(B3OC(C)(C)C(C)(C)O3)ccn2)CCN1C(=O)OC(C)(C)C.C[C@H]1CN(c2cc(Br)ccn2)CCN1C(=O)OC(C)(C)C. The third-order valence-electron chi connectivity index (χ3n) is 9.16. The molecular weight excluding hydrogens is 703 g/mol. The van der Waals surface area contributed by atoms with Gasteiger partial charge in [0.05, 0.1) is 11.2 Å². The average molecular weight is 760 g/mol. The molecule has 0 aliphatic carbocycles. The maximum atomic E-state index is 12.5. The lowest BCUT2D eigenvalue weighted by Gasteiger charge is -2.40. The van der Waals surface area contributed by atoms with Crippen molar-refractivity contribution in [2.45, 2.75) is 118 Å². The Labute approximate surface area is 307 Å². The van der Waals surface area contributed by atoms with Gasteiger partial charge >= 0.3 is 19.3 Å². The van der Waals surface area contributed by atoms with E-state index in [0.29, 0.717) is 26.2 Å². The topological polar surface area (TPSA) is 110 Å². The van der Waals surface area contributed by atoms with Crippen LogP contribution in [0.1, 0.15) is 83.1 Å². The molecule has 5 rings (SSSR count). The average Bonchev–Trinajstić information content (AvgIpc) is 3.21. The van der Waals surface area contributed by atoms with Gasteiger partial charge in [-0.15, -0.1) is 0 Å². The van der Waals surface area contributed by atoms with Crippen molar-refractivity contribution in [3.8, 4) is 0 Å². The second kappa shape index (κ2) is 15.3. The summed E-state index contributed by atoms with van der Waals surface area (Å²) in [6.07, 6.45) is 3.07. The number of halogens is 1. The number of nitrogens with zero attached hydrogens (tertiary/aromatic N) is 6. The molecule has 0 unspecified atom stereocenters. The van der Waals surface area contributed by atoms with E-state index in [1.54, 1.807) is 22.2 Å². The van der Waals surface area contributed by atoms with E-state index in [4.69, 9.17) is 18.8 Å². The van der Waals surface area contributed by atoms with Gasteiger partial charge in [-0.3, -0.25) is 0 Å². The Morgan fingerprint density at radius 1 is 0.760 bits per heavy atom. The number of carbonyl (C=O) groups excluding carboxylic acids is 2. The van der Waals surface area contributed by atoms with Gasteiger partial charge in [0, 0.05) is 68.2 Å². The molecule has 0 radical (unpaired) electrons. The summed E-state index contributed by atoms with van der Waals surface area (Å²) in [5.74, 6) is 1.80. The fourth-order valence-corrected chi connectivity index (χ4v) is 6.14. The highest BCUT2D eigenvalue weighted by molar-refractivity contribution is 9.10. The zero-order valence-electron chi connectivity index (χ0n) is 31.9. The summed E-state index contributed by atoms with van der Waals surface area (Å²) in [6.45, 7) is 27.7. The number of rotatable bonds is 3. The van der Waals surface area contributed by atoms with Crippen molar-refractivity contribution < 1.29 is 28.4 Å². The number of ether oxygens (including phenoxy) is 2. The lowest BCUT2D eigenvalue weighted by atomic mass is 9.79. The molecule has 276 valence electrons. The number of amides is 2. The molecule has 3 fully saturated rings. The highest BCUT2D eigenvalue weighted by Gasteiger charge is 2.52. The van der Waals surface area contributed by atoms with Gasteiger partial charge in [-0.1, -0.05) is 15.9 Å². The Hall–Kier alpha value is -3.10. The van der Waals surface area contributed by atoms with Crippen LogP contribution in [0.25, 0.3) is 0 Å². The molecule has 0 aromatic carbocycles. The first-order chi connectivity index (χ1) is 23.0. The maximum absolute atomic E-state index is 12.5. The Balaban J connectivity index is 0.000000237. The van der Waals surface area contributed by atoms with Crippen LogP contribution in [0.15, 0.2) is 41.1 Å². The molecule has 0 bridgehead atoms. The highest BCUT2D eigenvalue weighted by atomic mass is 79.9. The molecule has 3 aliphatic heterocycles. The first-order valence-corrected chi connectivity index (χ1v) is 18.3. The highest BCUT2D eigenvalue weighted by Crippen LogP contribution is 2.36. The van der Waals surface area contributed by atoms with Crippen LogP contribution in [0.5, 0.6) is 0 Å². The fraction of sp³-hybridized carbons (Fsp3) is 0.667. The molecule has 12 nitrogen and oxygen atoms in total. The summed E-state index contributed by atoms with van der Waals surface area (Å²) < 4.78 is 24.3. The van der Waals surface area contributed by atoms with Gasteiger partial charge < -0.3 is 38.4 Å². The molecular formula is C36H56BBrN6O6. The quantitative estimate of drug-likeness (QED) is 0.340. The molecule has 2 aromatic rings. The molecule has 5 heterocycles. The van der Waals surface area contributed by atoms with Crippen LogP contribution in [-0.4, -0.2) is 113 Å². The lowest BCUT2D eigenvalue weighted by molar-refractivity contribution is 0.00578. The molecule has 2 atom stereocenters. The summed E-state index contributed by atoms with van der Waals surface area (Å²) in [6, 6.07) is 7.99.